The highest BCUT2D eigenvalue weighted by atomic mass is 32.2. The molecule has 1 saturated heterocycles. The topological polar surface area (TPSA) is 60.4 Å². The van der Waals surface area contributed by atoms with Crippen molar-refractivity contribution in [1.29, 1.82) is 0 Å². The summed E-state index contributed by atoms with van der Waals surface area (Å²) in [4.78, 5) is 26.0. The standard InChI is InChI=1S/C18H23NO3S/c1-18(2,3)17-19(14(10-23-17)16(21)22)15(20)13-9-12(13)11-7-5-4-6-8-11/h4-8,12-14,17H,9-10H2,1-3H3,(H,21,22)/p-1/t12-,13-,14+,17-/m1/s1. The van der Waals surface area contributed by atoms with Crippen molar-refractivity contribution >= 4 is 23.6 Å². The average molecular weight is 332 g/mol. The van der Waals surface area contributed by atoms with Crippen LogP contribution in [0.1, 0.15) is 38.7 Å². The number of rotatable bonds is 3. The van der Waals surface area contributed by atoms with E-state index in [2.05, 4.69) is 0 Å². The molecule has 0 unspecified atom stereocenters. The minimum Gasteiger partial charge on any atom is -0.548 e. The van der Waals surface area contributed by atoms with Gasteiger partial charge in [0.1, 0.15) is 0 Å². The average Bonchev–Trinajstić information content (AvgIpc) is 3.15. The van der Waals surface area contributed by atoms with Crippen LogP contribution < -0.4 is 5.11 Å². The molecule has 124 valence electrons. The SMILES string of the molecule is CC(C)(C)[C@H]1SC[C@@H](C(=O)[O-])N1C(=O)[C@@H]1C[C@@H]1c1ccccc1. The predicted octanol–water partition coefficient (Wildman–Crippen LogP) is 1.86. The molecular weight excluding hydrogens is 310 g/mol. The first-order valence-corrected chi connectivity index (χ1v) is 9.05. The second kappa shape index (κ2) is 5.86. The highest BCUT2D eigenvalue weighted by Crippen LogP contribution is 2.51. The summed E-state index contributed by atoms with van der Waals surface area (Å²) in [6.45, 7) is 6.14. The number of benzene rings is 1. The number of carboxylic acids is 1. The van der Waals surface area contributed by atoms with Gasteiger partial charge in [-0.25, -0.2) is 0 Å². The van der Waals surface area contributed by atoms with E-state index in [-0.39, 0.29) is 28.5 Å². The summed E-state index contributed by atoms with van der Waals surface area (Å²) in [6, 6.07) is 9.17. The summed E-state index contributed by atoms with van der Waals surface area (Å²) in [7, 11) is 0. The third-order valence-corrected chi connectivity index (χ3v) is 6.36. The first kappa shape index (κ1) is 16.4. The molecule has 3 rings (SSSR count). The third-order valence-electron chi connectivity index (χ3n) is 4.60. The fraction of sp³-hybridized carbons (Fsp3) is 0.556. The minimum atomic E-state index is -1.14. The van der Waals surface area contributed by atoms with Crippen LogP contribution in [0.25, 0.3) is 0 Å². The number of carbonyl (C=O) groups is 2. The Bertz CT molecular complexity index is 610. The number of carboxylic acid groups (broad SMARTS) is 1. The van der Waals surface area contributed by atoms with Crippen LogP contribution in [0.2, 0.25) is 0 Å². The molecule has 1 aromatic carbocycles. The van der Waals surface area contributed by atoms with Crippen LogP contribution in [0.3, 0.4) is 0 Å². The second-order valence-electron chi connectivity index (χ2n) is 7.49. The lowest BCUT2D eigenvalue weighted by Crippen LogP contribution is -2.53. The Hall–Kier alpha value is -1.49. The van der Waals surface area contributed by atoms with Crippen LogP contribution in [0.5, 0.6) is 0 Å². The molecule has 1 amide bonds. The maximum Gasteiger partial charge on any atom is 0.227 e. The van der Waals surface area contributed by atoms with Gasteiger partial charge in [0.05, 0.1) is 17.4 Å². The van der Waals surface area contributed by atoms with Gasteiger partial charge in [0.25, 0.3) is 0 Å². The van der Waals surface area contributed by atoms with Gasteiger partial charge < -0.3 is 14.8 Å². The number of carbonyl (C=O) groups excluding carboxylic acids is 2. The van der Waals surface area contributed by atoms with Gasteiger partial charge in [-0.2, -0.15) is 0 Å². The number of nitrogens with zero attached hydrogens (tertiary/aromatic N) is 1. The maximum absolute atomic E-state index is 13.0. The lowest BCUT2D eigenvalue weighted by molar-refractivity contribution is -0.310. The predicted molar refractivity (Wildman–Crippen MR) is 88.6 cm³/mol. The summed E-state index contributed by atoms with van der Waals surface area (Å²) < 4.78 is 0. The van der Waals surface area contributed by atoms with E-state index >= 15 is 0 Å². The lowest BCUT2D eigenvalue weighted by atomic mass is 9.94. The van der Waals surface area contributed by atoms with Crippen LogP contribution in [-0.2, 0) is 9.59 Å². The molecule has 1 saturated carbocycles. The smallest absolute Gasteiger partial charge is 0.227 e. The molecule has 0 bridgehead atoms. The van der Waals surface area contributed by atoms with Gasteiger partial charge in [0, 0.05) is 11.7 Å². The molecule has 1 aliphatic carbocycles. The molecule has 4 nitrogen and oxygen atoms in total. The van der Waals surface area contributed by atoms with E-state index in [1.54, 1.807) is 16.7 Å². The van der Waals surface area contributed by atoms with Crippen LogP contribution in [-0.4, -0.2) is 33.9 Å². The molecule has 0 aromatic heterocycles. The zero-order valence-corrected chi connectivity index (χ0v) is 14.5. The fourth-order valence-electron chi connectivity index (χ4n) is 3.35. The van der Waals surface area contributed by atoms with Crippen molar-refractivity contribution < 1.29 is 14.7 Å². The molecule has 0 N–H and O–H groups in total. The largest absolute Gasteiger partial charge is 0.548 e. The number of hydrogen-bond acceptors (Lipinski definition) is 4. The molecular formula is C18H22NO3S-. The zero-order valence-electron chi connectivity index (χ0n) is 13.7. The number of aliphatic carboxylic acids is 1. The molecule has 23 heavy (non-hydrogen) atoms. The van der Waals surface area contributed by atoms with Crippen LogP contribution in [0.15, 0.2) is 30.3 Å². The van der Waals surface area contributed by atoms with Gasteiger partial charge in [-0.05, 0) is 23.3 Å². The fourth-order valence-corrected chi connectivity index (χ4v) is 4.93. The molecule has 2 fully saturated rings. The molecule has 1 aliphatic heterocycles. The highest BCUT2D eigenvalue weighted by molar-refractivity contribution is 8.00. The summed E-state index contributed by atoms with van der Waals surface area (Å²) in [5, 5.41) is 11.3. The molecule has 2 aliphatic rings. The van der Waals surface area contributed by atoms with Crippen molar-refractivity contribution in [2.24, 2.45) is 11.3 Å². The second-order valence-corrected chi connectivity index (χ2v) is 8.60. The summed E-state index contributed by atoms with van der Waals surface area (Å²) in [5.41, 5.74) is 0.997. The Kier molecular flexibility index (Phi) is 4.17. The van der Waals surface area contributed by atoms with Crippen molar-refractivity contribution in [3.63, 3.8) is 0 Å². The van der Waals surface area contributed by atoms with Crippen molar-refractivity contribution in [3.05, 3.63) is 35.9 Å². The van der Waals surface area contributed by atoms with Gasteiger partial charge >= 0.3 is 0 Å². The highest BCUT2D eigenvalue weighted by Gasteiger charge is 2.52. The summed E-state index contributed by atoms with van der Waals surface area (Å²) in [6.07, 6.45) is 0.806. The van der Waals surface area contributed by atoms with Crippen molar-refractivity contribution in [3.8, 4) is 0 Å². The van der Waals surface area contributed by atoms with Crippen molar-refractivity contribution in [1.82, 2.24) is 4.90 Å². The first-order chi connectivity index (χ1) is 10.8. The molecule has 4 atom stereocenters. The van der Waals surface area contributed by atoms with E-state index in [1.807, 2.05) is 51.1 Å². The number of thioether (sulfide) groups is 1. The Balaban J connectivity index is 1.80. The molecule has 1 heterocycles. The van der Waals surface area contributed by atoms with Gasteiger partial charge in [-0.3, -0.25) is 4.79 Å². The monoisotopic (exact) mass is 332 g/mol. The van der Waals surface area contributed by atoms with Gasteiger partial charge in [-0.1, -0.05) is 51.1 Å². The number of hydrogen-bond donors (Lipinski definition) is 0. The van der Waals surface area contributed by atoms with Crippen LogP contribution in [0.4, 0.5) is 0 Å². The Morgan fingerprint density at radius 1 is 1.22 bits per heavy atom. The Morgan fingerprint density at radius 2 is 1.87 bits per heavy atom. The molecule has 1 aromatic rings. The van der Waals surface area contributed by atoms with Gasteiger partial charge in [0.2, 0.25) is 5.91 Å². The van der Waals surface area contributed by atoms with E-state index in [0.717, 1.165) is 12.0 Å². The van der Waals surface area contributed by atoms with Gasteiger partial charge in [0.15, 0.2) is 0 Å². The lowest BCUT2D eigenvalue weighted by Gasteiger charge is -2.37. The number of amides is 1. The van der Waals surface area contributed by atoms with E-state index < -0.39 is 12.0 Å². The normalized spacial score (nSPS) is 30.3. The van der Waals surface area contributed by atoms with E-state index in [1.165, 1.54) is 0 Å². The van der Waals surface area contributed by atoms with E-state index in [0.29, 0.717) is 5.75 Å². The quantitative estimate of drug-likeness (QED) is 0.848. The summed E-state index contributed by atoms with van der Waals surface area (Å²) in [5.74, 6) is -0.633. The summed E-state index contributed by atoms with van der Waals surface area (Å²) >= 11 is 1.55. The first-order valence-electron chi connectivity index (χ1n) is 8.00. The maximum atomic E-state index is 13.0. The Labute approximate surface area is 141 Å². The third kappa shape index (κ3) is 3.11. The van der Waals surface area contributed by atoms with Gasteiger partial charge in [-0.15, -0.1) is 11.8 Å². The van der Waals surface area contributed by atoms with Crippen molar-refractivity contribution in [2.45, 2.75) is 44.5 Å². The van der Waals surface area contributed by atoms with Crippen LogP contribution >= 0.6 is 11.8 Å². The van der Waals surface area contributed by atoms with Crippen LogP contribution in [0, 0.1) is 11.3 Å². The molecule has 5 heteroatoms. The minimum absolute atomic E-state index is 0.0296. The van der Waals surface area contributed by atoms with E-state index in [4.69, 9.17) is 0 Å². The zero-order chi connectivity index (χ0) is 16.8. The molecule has 0 radical (unpaired) electrons. The van der Waals surface area contributed by atoms with E-state index in [9.17, 15) is 14.7 Å². The molecule has 0 spiro atoms. The Morgan fingerprint density at radius 3 is 2.43 bits per heavy atom. The van der Waals surface area contributed by atoms with Crippen molar-refractivity contribution in [2.75, 3.05) is 5.75 Å².